The van der Waals surface area contributed by atoms with Crippen LogP contribution in [0.15, 0.2) is 0 Å². The third-order valence-electron chi connectivity index (χ3n) is 2.74. The van der Waals surface area contributed by atoms with Crippen LogP contribution in [-0.4, -0.2) is 25.9 Å². The maximum Gasteiger partial charge on any atom is 0.0980 e. The highest BCUT2D eigenvalue weighted by atomic mass is 16.5. The molecule has 1 unspecified atom stereocenters. The van der Waals surface area contributed by atoms with E-state index in [0.717, 1.165) is 19.6 Å². The second-order valence-electron chi connectivity index (χ2n) is 4.25. The molecule has 1 fully saturated rings. The normalized spacial score (nSPS) is 32.7. The summed E-state index contributed by atoms with van der Waals surface area (Å²) in [6.07, 6.45) is 1.02. The van der Waals surface area contributed by atoms with Crippen LogP contribution in [0.2, 0.25) is 0 Å². The van der Waals surface area contributed by atoms with Crippen molar-refractivity contribution in [1.29, 1.82) is 0 Å². The van der Waals surface area contributed by atoms with Crippen LogP contribution in [0.3, 0.4) is 0 Å². The van der Waals surface area contributed by atoms with E-state index in [-0.39, 0.29) is 11.0 Å². The third-order valence-corrected chi connectivity index (χ3v) is 2.74. The molecule has 2 heteroatoms. The highest BCUT2D eigenvalue weighted by molar-refractivity contribution is 4.94. The van der Waals surface area contributed by atoms with Crippen molar-refractivity contribution < 1.29 is 9.47 Å². The molecule has 0 radical (unpaired) electrons. The van der Waals surface area contributed by atoms with Crippen molar-refractivity contribution in [1.82, 2.24) is 0 Å². The van der Waals surface area contributed by atoms with E-state index in [0.29, 0.717) is 0 Å². The van der Waals surface area contributed by atoms with Crippen molar-refractivity contribution >= 4 is 0 Å². The third kappa shape index (κ3) is 1.42. The van der Waals surface area contributed by atoms with Crippen molar-refractivity contribution in [2.45, 2.75) is 32.8 Å². The zero-order valence-electron chi connectivity index (χ0n) is 7.94. The van der Waals surface area contributed by atoms with Crippen molar-refractivity contribution in [2.75, 3.05) is 20.3 Å². The summed E-state index contributed by atoms with van der Waals surface area (Å²) >= 11 is 0. The summed E-state index contributed by atoms with van der Waals surface area (Å²) < 4.78 is 10.9. The molecule has 0 aromatic rings. The van der Waals surface area contributed by atoms with Gasteiger partial charge in [0.15, 0.2) is 0 Å². The van der Waals surface area contributed by atoms with Crippen LogP contribution in [0, 0.1) is 5.41 Å². The Morgan fingerprint density at radius 3 is 2.18 bits per heavy atom. The zero-order chi connectivity index (χ0) is 8.54. The molecule has 0 aromatic carbocycles. The molecular formula is C9H18O2. The molecule has 66 valence electrons. The summed E-state index contributed by atoms with van der Waals surface area (Å²) in [6, 6.07) is 0. The maximum atomic E-state index is 5.54. The van der Waals surface area contributed by atoms with Gasteiger partial charge in [-0.3, -0.25) is 0 Å². The average molecular weight is 158 g/mol. The van der Waals surface area contributed by atoms with Gasteiger partial charge in [0.25, 0.3) is 0 Å². The molecule has 1 aliphatic rings. The highest BCUT2D eigenvalue weighted by Crippen LogP contribution is 2.39. The molecule has 0 amide bonds. The predicted octanol–water partition coefficient (Wildman–Crippen LogP) is 1.84. The number of hydrogen-bond donors (Lipinski definition) is 0. The lowest BCUT2D eigenvalue weighted by atomic mass is 9.76. The molecule has 1 aliphatic heterocycles. The molecule has 0 spiro atoms. The van der Waals surface area contributed by atoms with E-state index >= 15 is 0 Å². The first-order valence-electron chi connectivity index (χ1n) is 4.15. The smallest absolute Gasteiger partial charge is 0.0980 e. The lowest BCUT2D eigenvalue weighted by Crippen LogP contribution is -2.45. The van der Waals surface area contributed by atoms with E-state index in [2.05, 4.69) is 20.8 Å². The Labute approximate surface area is 68.9 Å². The fourth-order valence-corrected chi connectivity index (χ4v) is 1.60. The summed E-state index contributed by atoms with van der Waals surface area (Å²) in [5.41, 5.74) is 0.130. The van der Waals surface area contributed by atoms with Crippen molar-refractivity contribution in [3.63, 3.8) is 0 Å². The predicted molar refractivity (Wildman–Crippen MR) is 44.6 cm³/mol. The van der Waals surface area contributed by atoms with Crippen LogP contribution in [0.1, 0.15) is 27.2 Å². The Balaban J connectivity index is 2.75. The lowest BCUT2D eigenvalue weighted by Gasteiger charge is -2.39. The first kappa shape index (κ1) is 9.01. The van der Waals surface area contributed by atoms with Crippen molar-refractivity contribution in [2.24, 2.45) is 5.41 Å². The lowest BCUT2D eigenvalue weighted by molar-refractivity contribution is -0.0926. The Kier molecular flexibility index (Phi) is 2.26. The van der Waals surface area contributed by atoms with Crippen LogP contribution in [-0.2, 0) is 9.47 Å². The minimum Gasteiger partial charge on any atom is -0.378 e. The number of ether oxygens (including phenoxy) is 2. The van der Waals surface area contributed by atoms with E-state index < -0.39 is 0 Å². The van der Waals surface area contributed by atoms with E-state index in [1.807, 2.05) is 0 Å². The van der Waals surface area contributed by atoms with Crippen LogP contribution in [0.4, 0.5) is 0 Å². The summed E-state index contributed by atoms with van der Waals surface area (Å²) in [5.74, 6) is 0. The molecule has 1 rings (SSSR count). The molecule has 0 saturated carbocycles. The van der Waals surface area contributed by atoms with Crippen LogP contribution in [0.5, 0.6) is 0 Å². The largest absolute Gasteiger partial charge is 0.378 e. The van der Waals surface area contributed by atoms with Gasteiger partial charge in [0.1, 0.15) is 0 Å². The second-order valence-corrected chi connectivity index (χ2v) is 4.25. The molecular weight excluding hydrogens is 140 g/mol. The minimum atomic E-state index is -0.0486. The van der Waals surface area contributed by atoms with Crippen LogP contribution in [0.25, 0.3) is 0 Å². The van der Waals surface area contributed by atoms with Gasteiger partial charge in [-0.1, -0.05) is 20.8 Å². The van der Waals surface area contributed by atoms with E-state index in [1.54, 1.807) is 7.11 Å². The van der Waals surface area contributed by atoms with Gasteiger partial charge in [0.05, 0.1) is 12.2 Å². The summed E-state index contributed by atoms with van der Waals surface area (Å²) in [6.45, 7) is 8.18. The Morgan fingerprint density at radius 2 is 2.00 bits per heavy atom. The Morgan fingerprint density at radius 1 is 1.36 bits per heavy atom. The van der Waals surface area contributed by atoms with Gasteiger partial charge >= 0.3 is 0 Å². The number of rotatable bonds is 1. The SMILES string of the molecule is COC1(C(C)(C)C)CCOC1. The number of hydrogen-bond acceptors (Lipinski definition) is 2. The van der Waals surface area contributed by atoms with Crippen LogP contribution >= 0.6 is 0 Å². The summed E-state index contributed by atoms with van der Waals surface area (Å²) in [7, 11) is 1.78. The highest BCUT2D eigenvalue weighted by Gasteiger charge is 2.45. The first-order chi connectivity index (χ1) is 5.02. The summed E-state index contributed by atoms with van der Waals surface area (Å²) in [5, 5.41) is 0. The number of methoxy groups -OCH3 is 1. The van der Waals surface area contributed by atoms with Crippen molar-refractivity contribution in [3.05, 3.63) is 0 Å². The van der Waals surface area contributed by atoms with E-state index in [9.17, 15) is 0 Å². The topological polar surface area (TPSA) is 18.5 Å². The maximum absolute atomic E-state index is 5.54. The Bertz CT molecular complexity index is 129. The summed E-state index contributed by atoms with van der Waals surface area (Å²) in [4.78, 5) is 0. The molecule has 0 aromatic heterocycles. The van der Waals surface area contributed by atoms with E-state index in [4.69, 9.17) is 9.47 Å². The van der Waals surface area contributed by atoms with Gasteiger partial charge < -0.3 is 9.47 Å². The minimum absolute atomic E-state index is 0.0486. The molecule has 0 N–H and O–H groups in total. The van der Waals surface area contributed by atoms with Gasteiger partial charge in [-0.05, 0) is 5.41 Å². The quantitative estimate of drug-likeness (QED) is 0.579. The van der Waals surface area contributed by atoms with Gasteiger partial charge in [0, 0.05) is 20.1 Å². The fraction of sp³-hybridized carbons (Fsp3) is 1.00. The zero-order valence-corrected chi connectivity index (χ0v) is 7.94. The first-order valence-corrected chi connectivity index (χ1v) is 4.15. The standard InChI is InChI=1S/C9H18O2/c1-8(2,3)9(10-4)5-6-11-7-9/h5-7H2,1-4H3. The molecule has 1 atom stereocenters. The van der Waals surface area contributed by atoms with Gasteiger partial charge in [-0.2, -0.15) is 0 Å². The molecule has 0 aliphatic carbocycles. The molecule has 1 saturated heterocycles. The fourth-order valence-electron chi connectivity index (χ4n) is 1.60. The second kappa shape index (κ2) is 2.76. The molecule has 2 nitrogen and oxygen atoms in total. The average Bonchev–Trinajstić information content (AvgIpc) is 2.33. The van der Waals surface area contributed by atoms with Crippen LogP contribution < -0.4 is 0 Å². The van der Waals surface area contributed by atoms with Gasteiger partial charge in [-0.25, -0.2) is 0 Å². The van der Waals surface area contributed by atoms with Gasteiger partial charge in [-0.15, -0.1) is 0 Å². The monoisotopic (exact) mass is 158 g/mol. The van der Waals surface area contributed by atoms with Crippen molar-refractivity contribution in [3.8, 4) is 0 Å². The molecule has 11 heavy (non-hydrogen) atoms. The molecule has 1 heterocycles. The Hall–Kier alpha value is -0.0800. The van der Waals surface area contributed by atoms with E-state index in [1.165, 1.54) is 0 Å². The van der Waals surface area contributed by atoms with Gasteiger partial charge in [0.2, 0.25) is 0 Å². The molecule has 0 bridgehead atoms.